The molecule has 0 radical (unpaired) electrons. The number of aryl methyl sites for hydroxylation is 1. The molecule has 2 heterocycles. The molecule has 2 aromatic rings. The summed E-state index contributed by atoms with van der Waals surface area (Å²) >= 11 is 0. The fourth-order valence-electron chi connectivity index (χ4n) is 3.45. The van der Waals surface area contributed by atoms with Gasteiger partial charge in [-0.1, -0.05) is 24.3 Å². The highest BCUT2D eigenvalue weighted by Crippen LogP contribution is 2.41. The average Bonchev–Trinajstić information content (AvgIpc) is 2.87. The van der Waals surface area contributed by atoms with Crippen LogP contribution in [0.4, 0.5) is 0 Å². The van der Waals surface area contributed by atoms with Crippen molar-refractivity contribution in [2.75, 3.05) is 0 Å². The standard InChI is InChI=1S/C16H13NO2/c1-9-11-7-6-10-4-2-3-5-12(10)15(11)16-13(18)8-14(19)17(9)16/h2-5H,6-8H2,1H3. The second-order valence-electron chi connectivity index (χ2n) is 5.27. The van der Waals surface area contributed by atoms with Crippen molar-refractivity contribution in [3.8, 4) is 11.1 Å². The molecule has 94 valence electrons. The monoisotopic (exact) mass is 251 g/mol. The van der Waals surface area contributed by atoms with Crippen LogP contribution in [0, 0.1) is 6.92 Å². The molecule has 19 heavy (non-hydrogen) atoms. The van der Waals surface area contributed by atoms with Gasteiger partial charge >= 0.3 is 0 Å². The zero-order chi connectivity index (χ0) is 13.1. The summed E-state index contributed by atoms with van der Waals surface area (Å²) in [6, 6.07) is 8.19. The lowest BCUT2D eigenvalue weighted by molar-refractivity contribution is 0.0888. The predicted molar refractivity (Wildman–Crippen MR) is 71.6 cm³/mol. The van der Waals surface area contributed by atoms with Crippen molar-refractivity contribution in [1.29, 1.82) is 0 Å². The van der Waals surface area contributed by atoms with Gasteiger partial charge in [-0.15, -0.1) is 0 Å². The van der Waals surface area contributed by atoms with Crippen LogP contribution >= 0.6 is 0 Å². The second kappa shape index (κ2) is 3.44. The van der Waals surface area contributed by atoms with Crippen LogP contribution in [0.3, 0.4) is 0 Å². The lowest BCUT2D eigenvalue weighted by Crippen LogP contribution is -2.08. The summed E-state index contributed by atoms with van der Waals surface area (Å²) in [5.41, 5.74) is 6.16. The first kappa shape index (κ1) is 10.7. The minimum Gasteiger partial charge on any atom is -0.292 e. The topological polar surface area (TPSA) is 39.1 Å². The van der Waals surface area contributed by atoms with E-state index in [-0.39, 0.29) is 18.1 Å². The molecule has 1 aliphatic carbocycles. The Balaban J connectivity index is 2.12. The molecule has 4 rings (SSSR count). The van der Waals surface area contributed by atoms with Gasteiger partial charge in [-0.3, -0.25) is 14.2 Å². The van der Waals surface area contributed by atoms with E-state index in [1.165, 1.54) is 11.1 Å². The number of rotatable bonds is 0. The summed E-state index contributed by atoms with van der Waals surface area (Å²) in [6.45, 7) is 1.95. The Labute approximate surface area is 110 Å². The van der Waals surface area contributed by atoms with Crippen LogP contribution in [0.5, 0.6) is 0 Å². The fraction of sp³-hybridized carbons (Fsp3) is 0.250. The van der Waals surface area contributed by atoms with E-state index in [1.54, 1.807) is 4.57 Å². The number of Topliss-reactive ketones (excluding diaryl/α,β-unsaturated/α-hetero) is 1. The van der Waals surface area contributed by atoms with Crippen LogP contribution in [0.25, 0.3) is 11.1 Å². The van der Waals surface area contributed by atoms with Gasteiger partial charge in [0.05, 0.1) is 6.42 Å². The first-order valence-electron chi connectivity index (χ1n) is 6.57. The number of carbonyl (C=O) groups excluding carboxylic acids is 2. The number of hydrogen-bond donors (Lipinski definition) is 0. The molecule has 0 amide bonds. The van der Waals surface area contributed by atoms with E-state index >= 15 is 0 Å². The van der Waals surface area contributed by atoms with Crippen molar-refractivity contribution in [3.05, 3.63) is 46.8 Å². The highest BCUT2D eigenvalue weighted by atomic mass is 16.2. The first-order chi connectivity index (χ1) is 9.18. The summed E-state index contributed by atoms with van der Waals surface area (Å²) in [4.78, 5) is 24.1. The lowest BCUT2D eigenvalue weighted by atomic mass is 9.85. The van der Waals surface area contributed by atoms with E-state index < -0.39 is 0 Å². The number of fused-ring (bicyclic) bond motifs is 5. The van der Waals surface area contributed by atoms with Crippen molar-refractivity contribution in [2.45, 2.75) is 26.2 Å². The maximum atomic E-state index is 12.1. The van der Waals surface area contributed by atoms with E-state index in [0.29, 0.717) is 5.69 Å². The van der Waals surface area contributed by atoms with Gasteiger partial charge < -0.3 is 0 Å². The summed E-state index contributed by atoms with van der Waals surface area (Å²) < 4.78 is 1.63. The fourth-order valence-corrected chi connectivity index (χ4v) is 3.45. The molecule has 1 aliphatic heterocycles. The van der Waals surface area contributed by atoms with Gasteiger partial charge in [-0.25, -0.2) is 0 Å². The zero-order valence-corrected chi connectivity index (χ0v) is 10.7. The summed E-state index contributed by atoms with van der Waals surface area (Å²) in [6.07, 6.45) is 1.92. The first-order valence-corrected chi connectivity index (χ1v) is 6.57. The Kier molecular flexibility index (Phi) is 1.94. The molecule has 3 nitrogen and oxygen atoms in total. The van der Waals surface area contributed by atoms with Crippen molar-refractivity contribution >= 4 is 11.7 Å². The van der Waals surface area contributed by atoms with Gasteiger partial charge in [0.15, 0.2) is 5.78 Å². The summed E-state index contributed by atoms with van der Waals surface area (Å²) in [5, 5.41) is 0. The molecule has 0 fully saturated rings. The number of ketones is 1. The normalized spacial score (nSPS) is 16.3. The van der Waals surface area contributed by atoms with Crippen LogP contribution in [0.2, 0.25) is 0 Å². The Morgan fingerprint density at radius 2 is 1.89 bits per heavy atom. The van der Waals surface area contributed by atoms with Gasteiger partial charge in [0.2, 0.25) is 5.91 Å². The Bertz CT molecular complexity index is 752. The Morgan fingerprint density at radius 3 is 2.74 bits per heavy atom. The van der Waals surface area contributed by atoms with Gasteiger partial charge in [0, 0.05) is 11.3 Å². The molecule has 0 saturated heterocycles. The quantitative estimate of drug-likeness (QED) is 0.675. The van der Waals surface area contributed by atoms with Gasteiger partial charge in [-0.2, -0.15) is 0 Å². The number of aromatic nitrogens is 1. The van der Waals surface area contributed by atoms with Gasteiger partial charge in [0.1, 0.15) is 5.69 Å². The van der Waals surface area contributed by atoms with Crippen LogP contribution in [0.1, 0.15) is 38.5 Å². The minimum absolute atomic E-state index is 0.0195. The van der Waals surface area contributed by atoms with Crippen LogP contribution in [0.15, 0.2) is 24.3 Å². The van der Waals surface area contributed by atoms with Crippen molar-refractivity contribution < 1.29 is 9.59 Å². The van der Waals surface area contributed by atoms with Crippen LogP contribution < -0.4 is 0 Å². The van der Waals surface area contributed by atoms with Crippen molar-refractivity contribution in [2.24, 2.45) is 0 Å². The molecule has 0 N–H and O–H groups in total. The molecule has 2 aliphatic rings. The zero-order valence-electron chi connectivity index (χ0n) is 10.7. The van der Waals surface area contributed by atoms with Gasteiger partial charge in [0.25, 0.3) is 0 Å². The third kappa shape index (κ3) is 1.22. The van der Waals surface area contributed by atoms with Crippen molar-refractivity contribution in [3.63, 3.8) is 0 Å². The molecular formula is C16H13NO2. The van der Waals surface area contributed by atoms with Crippen LogP contribution in [-0.2, 0) is 12.8 Å². The van der Waals surface area contributed by atoms with E-state index in [2.05, 4.69) is 12.1 Å². The largest absolute Gasteiger partial charge is 0.292 e. The molecular weight excluding hydrogens is 238 g/mol. The molecule has 0 atom stereocenters. The SMILES string of the molecule is Cc1c2c(c3n1C(=O)CC3=O)-c1ccccc1CC2. The predicted octanol–water partition coefficient (Wildman–Crippen LogP) is 2.79. The highest BCUT2D eigenvalue weighted by molar-refractivity contribution is 6.18. The number of carbonyl (C=O) groups is 2. The molecule has 1 aromatic carbocycles. The molecule has 0 unspecified atom stereocenters. The third-order valence-electron chi connectivity index (χ3n) is 4.29. The van der Waals surface area contributed by atoms with E-state index in [0.717, 1.165) is 29.7 Å². The Morgan fingerprint density at radius 1 is 1.11 bits per heavy atom. The lowest BCUT2D eigenvalue weighted by Gasteiger charge is -2.17. The molecule has 1 aromatic heterocycles. The van der Waals surface area contributed by atoms with E-state index in [1.807, 2.05) is 19.1 Å². The van der Waals surface area contributed by atoms with E-state index in [4.69, 9.17) is 0 Å². The van der Waals surface area contributed by atoms with Crippen molar-refractivity contribution in [1.82, 2.24) is 4.57 Å². The van der Waals surface area contributed by atoms with Crippen LogP contribution in [-0.4, -0.2) is 16.3 Å². The smallest absolute Gasteiger partial charge is 0.239 e. The number of hydrogen-bond acceptors (Lipinski definition) is 2. The highest BCUT2D eigenvalue weighted by Gasteiger charge is 2.36. The van der Waals surface area contributed by atoms with E-state index in [9.17, 15) is 9.59 Å². The maximum absolute atomic E-state index is 12.1. The molecule has 0 bridgehead atoms. The number of benzene rings is 1. The summed E-state index contributed by atoms with van der Waals surface area (Å²) in [7, 11) is 0. The third-order valence-corrected chi connectivity index (χ3v) is 4.29. The molecule has 0 saturated carbocycles. The maximum Gasteiger partial charge on any atom is 0.239 e. The average molecular weight is 251 g/mol. The molecule has 3 heteroatoms. The Hall–Kier alpha value is -2.16. The minimum atomic E-state index is -0.0793. The number of nitrogens with zero attached hydrogens (tertiary/aromatic N) is 1. The summed E-state index contributed by atoms with van der Waals surface area (Å²) in [5.74, 6) is -0.115. The molecule has 0 spiro atoms. The second-order valence-corrected chi connectivity index (χ2v) is 5.27. The van der Waals surface area contributed by atoms with Gasteiger partial charge in [-0.05, 0) is 36.5 Å².